The molecule has 100 valence electrons. The van der Waals surface area contributed by atoms with E-state index < -0.39 is 0 Å². The normalized spacial score (nSPS) is 24.8. The number of aromatic nitrogens is 1. The number of hydrogen-bond donors (Lipinski definition) is 2. The molecule has 2 rings (SSSR count). The van der Waals surface area contributed by atoms with Crippen LogP contribution in [-0.2, 0) is 0 Å². The van der Waals surface area contributed by atoms with Gasteiger partial charge in [0.25, 0.3) is 0 Å². The van der Waals surface area contributed by atoms with Gasteiger partial charge in [-0.25, -0.2) is 9.80 Å². The highest BCUT2D eigenvalue weighted by molar-refractivity contribution is 5.87. The molecule has 2 atom stereocenters. The topological polar surface area (TPSA) is 70.4 Å². The SMILES string of the molecule is Cc1cc(NC(=O)NN2[C@H](C)CCC[C@@H]2C)no1. The molecule has 1 aromatic heterocycles. The van der Waals surface area contributed by atoms with Crippen LogP contribution < -0.4 is 10.7 Å². The number of urea groups is 1. The van der Waals surface area contributed by atoms with Crippen LogP contribution in [0.5, 0.6) is 0 Å². The second kappa shape index (κ2) is 5.39. The second-order valence-electron chi connectivity index (χ2n) is 4.92. The molecule has 2 heterocycles. The molecule has 0 aromatic carbocycles. The van der Waals surface area contributed by atoms with Gasteiger partial charge in [-0.2, -0.15) is 0 Å². The molecule has 1 aromatic rings. The number of piperidine rings is 1. The van der Waals surface area contributed by atoms with Gasteiger partial charge in [-0.3, -0.25) is 10.7 Å². The summed E-state index contributed by atoms with van der Waals surface area (Å²) in [6.45, 7) is 6.03. The van der Waals surface area contributed by atoms with Crippen molar-refractivity contribution >= 4 is 11.8 Å². The third kappa shape index (κ3) is 3.01. The number of hydrazine groups is 1. The summed E-state index contributed by atoms with van der Waals surface area (Å²) < 4.78 is 4.89. The molecule has 1 aliphatic heterocycles. The van der Waals surface area contributed by atoms with Crippen molar-refractivity contribution in [3.8, 4) is 0 Å². The van der Waals surface area contributed by atoms with Gasteiger partial charge in [-0.15, -0.1) is 0 Å². The monoisotopic (exact) mass is 252 g/mol. The van der Waals surface area contributed by atoms with E-state index in [0.29, 0.717) is 23.7 Å². The number of nitrogens with zero attached hydrogens (tertiary/aromatic N) is 2. The minimum atomic E-state index is -0.274. The molecule has 6 nitrogen and oxygen atoms in total. The highest BCUT2D eigenvalue weighted by Gasteiger charge is 2.26. The summed E-state index contributed by atoms with van der Waals surface area (Å²) >= 11 is 0. The van der Waals surface area contributed by atoms with Crippen LogP contribution in [0.3, 0.4) is 0 Å². The van der Waals surface area contributed by atoms with Gasteiger partial charge in [0.1, 0.15) is 5.76 Å². The molecule has 6 heteroatoms. The summed E-state index contributed by atoms with van der Waals surface area (Å²) in [7, 11) is 0. The van der Waals surface area contributed by atoms with E-state index in [1.807, 2.05) is 5.01 Å². The van der Waals surface area contributed by atoms with Gasteiger partial charge >= 0.3 is 6.03 Å². The fourth-order valence-corrected chi connectivity index (χ4v) is 2.33. The molecule has 2 amide bonds. The lowest BCUT2D eigenvalue weighted by molar-refractivity contribution is 0.0625. The number of carbonyl (C=O) groups excluding carboxylic acids is 1. The molecular formula is C12H20N4O2. The largest absolute Gasteiger partial charge is 0.360 e. The van der Waals surface area contributed by atoms with E-state index in [2.05, 4.69) is 29.7 Å². The number of anilines is 1. The van der Waals surface area contributed by atoms with Gasteiger partial charge in [0.15, 0.2) is 5.82 Å². The zero-order chi connectivity index (χ0) is 13.1. The Hall–Kier alpha value is -1.56. The lowest BCUT2D eigenvalue weighted by Crippen LogP contribution is -2.55. The summed E-state index contributed by atoms with van der Waals surface area (Å²) in [5.74, 6) is 1.10. The quantitative estimate of drug-likeness (QED) is 0.847. The maximum Gasteiger partial charge on any atom is 0.335 e. The van der Waals surface area contributed by atoms with Gasteiger partial charge in [-0.1, -0.05) is 11.6 Å². The number of aryl methyl sites for hydroxylation is 1. The summed E-state index contributed by atoms with van der Waals surface area (Å²) in [6, 6.07) is 2.13. The van der Waals surface area contributed by atoms with Crippen molar-refractivity contribution in [2.45, 2.75) is 52.1 Å². The number of rotatable bonds is 2. The summed E-state index contributed by atoms with van der Waals surface area (Å²) in [4.78, 5) is 11.8. The average Bonchev–Trinajstić information content (AvgIpc) is 2.69. The molecule has 1 fully saturated rings. The highest BCUT2D eigenvalue weighted by Crippen LogP contribution is 2.20. The minimum Gasteiger partial charge on any atom is -0.360 e. The number of hydrogen-bond acceptors (Lipinski definition) is 4. The van der Waals surface area contributed by atoms with Crippen LogP contribution in [0.1, 0.15) is 38.9 Å². The molecule has 0 bridgehead atoms. The molecule has 2 N–H and O–H groups in total. The van der Waals surface area contributed by atoms with Crippen LogP contribution in [0.4, 0.5) is 10.6 Å². The van der Waals surface area contributed by atoms with Gasteiger partial charge in [0, 0.05) is 18.2 Å². The van der Waals surface area contributed by atoms with E-state index in [0.717, 1.165) is 12.8 Å². The van der Waals surface area contributed by atoms with Crippen molar-refractivity contribution in [1.82, 2.24) is 15.6 Å². The van der Waals surface area contributed by atoms with Gasteiger partial charge < -0.3 is 4.52 Å². The Bertz CT molecular complexity index is 408. The molecule has 0 radical (unpaired) electrons. The first-order valence-corrected chi connectivity index (χ1v) is 6.35. The first-order chi connectivity index (χ1) is 8.56. The molecule has 18 heavy (non-hydrogen) atoms. The Morgan fingerprint density at radius 3 is 2.67 bits per heavy atom. The Labute approximate surface area is 107 Å². The molecule has 0 spiro atoms. The predicted molar refractivity (Wildman–Crippen MR) is 68.0 cm³/mol. The van der Waals surface area contributed by atoms with E-state index in [4.69, 9.17) is 4.52 Å². The zero-order valence-electron chi connectivity index (χ0n) is 11.1. The van der Waals surface area contributed by atoms with E-state index in [9.17, 15) is 4.79 Å². The Kier molecular flexibility index (Phi) is 3.86. The van der Waals surface area contributed by atoms with Gasteiger partial charge in [0.2, 0.25) is 0 Å². The summed E-state index contributed by atoms with van der Waals surface area (Å²) in [5, 5.41) is 8.38. The van der Waals surface area contributed by atoms with Crippen LogP contribution in [0.15, 0.2) is 10.6 Å². The number of carbonyl (C=O) groups is 1. The van der Waals surface area contributed by atoms with Crippen molar-refractivity contribution in [3.05, 3.63) is 11.8 Å². The van der Waals surface area contributed by atoms with Crippen LogP contribution in [-0.4, -0.2) is 28.3 Å². The van der Waals surface area contributed by atoms with Crippen LogP contribution >= 0.6 is 0 Å². The molecule has 0 saturated carbocycles. The lowest BCUT2D eigenvalue weighted by Gasteiger charge is -2.38. The Morgan fingerprint density at radius 1 is 1.44 bits per heavy atom. The third-order valence-corrected chi connectivity index (χ3v) is 3.29. The van der Waals surface area contributed by atoms with Crippen molar-refractivity contribution in [2.24, 2.45) is 0 Å². The summed E-state index contributed by atoms with van der Waals surface area (Å²) in [6.07, 6.45) is 3.42. The molecular weight excluding hydrogens is 232 g/mol. The minimum absolute atomic E-state index is 0.274. The van der Waals surface area contributed by atoms with Crippen LogP contribution in [0.2, 0.25) is 0 Å². The molecule has 1 aliphatic rings. The van der Waals surface area contributed by atoms with Gasteiger partial charge in [-0.05, 0) is 33.6 Å². The van der Waals surface area contributed by atoms with Gasteiger partial charge in [0.05, 0.1) is 0 Å². The fraction of sp³-hybridized carbons (Fsp3) is 0.667. The van der Waals surface area contributed by atoms with Crippen molar-refractivity contribution in [3.63, 3.8) is 0 Å². The van der Waals surface area contributed by atoms with Crippen molar-refractivity contribution in [2.75, 3.05) is 5.32 Å². The zero-order valence-corrected chi connectivity index (χ0v) is 11.1. The second-order valence-corrected chi connectivity index (χ2v) is 4.92. The lowest BCUT2D eigenvalue weighted by atomic mass is 10.00. The Morgan fingerprint density at radius 2 is 2.11 bits per heavy atom. The van der Waals surface area contributed by atoms with E-state index in [1.165, 1.54) is 6.42 Å². The third-order valence-electron chi connectivity index (χ3n) is 3.29. The van der Waals surface area contributed by atoms with Crippen LogP contribution in [0, 0.1) is 6.92 Å². The fourth-order valence-electron chi connectivity index (χ4n) is 2.33. The Balaban J connectivity index is 1.90. The maximum atomic E-state index is 11.8. The first-order valence-electron chi connectivity index (χ1n) is 6.35. The predicted octanol–water partition coefficient (Wildman–Crippen LogP) is 2.28. The summed E-state index contributed by atoms with van der Waals surface area (Å²) in [5.41, 5.74) is 2.88. The molecule has 0 aliphatic carbocycles. The average molecular weight is 252 g/mol. The van der Waals surface area contributed by atoms with Crippen molar-refractivity contribution < 1.29 is 9.32 Å². The molecule has 0 unspecified atom stereocenters. The smallest absolute Gasteiger partial charge is 0.335 e. The molecule has 1 saturated heterocycles. The number of amides is 2. The van der Waals surface area contributed by atoms with E-state index in [1.54, 1.807) is 13.0 Å². The van der Waals surface area contributed by atoms with Crippen molar-refractivity contribution in [1.29, 1.82) is 0 Å². The highest BCUT2D eigenvalue weighted by atomic mass is 16.5. The maximum absolute atomic E-state index is 11.8. The van der Waals surface area contributed by atoms with Crippen LogP contribution in [0.25, 0.3) is 0 Å². The first kappa shape index (κ1) is 12.9. The van der Waals surface area contributed by atoms with E-state index >= 15 is 0 Å². The number of nitrogens with one attached hydrogen (secondary N) is 2. The van der Waals surface area contributed by atoms with E-state index in [-0.39, 0.29) is 6.03 Å². The standard InChI is InChI=1S/C12H20N4O2/c1-8-5-4-6-9(2)16(8)14-12(17)13-11-7-10(3)18-15-11/h7-9H,4-6H2,1-3H3,(H2,13,14,15,17)/t8-,9+.